The molecule has 18 heavy (non-hydrogen) atoms. The third kappa shape index (κ3) is 5.38. The highest BCUT2D eigenvalue weighted by Crippen LogP contribution is 2.38. The van der Waals surface area contributed by atoms with E-state index in [-0.39, 0.29) is 11.4 Å². The molecule has 1 saturated carbocycles. The van der Waals surface area contributed by atoms with Crippen LogP contribution in [0, 0.1) is 11.3 Å². The molecular weight excluding hydrogens is 226 g/mol. The lowest BCUT2D eigenvalue weighted by molar-refractivity contribution is -0.147. The summed E-state index contributed by atoms with van der Waals surface area (Å²) >= 11 is 0. The van der Waals surface area contributed by atoms with Crippen molar-refractivity contribution in [2.24, 2.45) is 17.1 Å². The number of carbonyl (C=O) groups is 1. The first-order valence-electron chi connectivity index (χ1n) is 7.44. The van der Waals surface area contributed by atoms with E-state index in [1.54, 1.807) is 0 Å². The molecule has 3 heteroatoms. The van der Waals surface area contributed by atoms with Gasteiger partial charge in [0, 0.05) is 0 Å². The predicted octanol–water partition coefficient (Wildman–Crippen LogP) is 3.27. The van der Waals surface area contributed by atoms with E-state index in [0.29, 0.717) is 25.5 Å². The zero-order chi connectivity index (χ0) is 13.4. The third-order valence-corrected chi connectivity index (χ3v) is 4.06. The minimum atomic E-state index is -0.0499. The highest BCUT2D eigenvalue weighted by Gasteiger charge is 2.33. The molecule has 0 heterocycles. The molecule has 0 radical (unpaired) electrons. The second kappa shape index (κ2) is 7.78. The van der Waals surface area contributed by atoms with Gasteiger partial charge in [0.05, 0.1) is 13.0 Å². The van der Waals surface area contributed by atoms with E-state index < -0.39 is 0 Å². The highest BCUT2D eigenvalue weighted by atomic mass is 16.5. The van der Waals surface area contributed by atoms with Crippen molar-refractivity contribution in [3.63, 3.8) is 0 Å². The molecule has 0 aromatic carbocycles. The van der Waals surface area contributed by atoms with Crippen LogP contribution in [0.15, 0.2) is 0 Å². The molecule has 106 valence electrons. The molecule has 0 spiro atoms. The summed E-state index contributed by atoms with van der Waals surface area (Å²) in [6.45, 7) is 5.56. The number of hydrogen-bond donors (Lipinski definition) is 1. The fraction of sp³-hybridized carbons (Fsp3) is 0.933. The fourth-order valence-electron chi connectivity index (χ4n) is 2.79. The standard InChI is InChI=1S/C15H29NO2/c1-13(2)7-6-10-18-14(17)11-15(12-16)8-4-3-5-9-15/h13H,3-12,16H2,1-2H3. The molecular formula is C15H29NO2. The summed E-state index contributed by atoms with van der Waals surface area (Å²) in [7, 11) is 0. The van der Waals surface area contributed by atoms with Crippen molar-refractivity contribution in [1.82, 2.24) is 0 Å². The van der Waals surface area contributed by atoms with Crippen molar-refractivity contribution in [3.8, 4) is 0 Å². The van der Waals surface area contributed by atoms with Crippen molar-refractivity contribution in [1.29, 1.82) is 0 Å². The largest absolute Gasteiger partial charge is 0.466 e. The van der Waals surface area contributed by atoms with Crippen LogP contribution >= 0.6 is 0 Å². The molecule has 0 amide bonds. The van der Waals surface area contributed by atoms with Crippen LogP contribution in [0.5, 0.6) is 0 Å². The summed E-state index contributed by atoms with van der Waals surface area (Å²) in [6, 6.07) is 0. The van der Waals surface area contributed by atoms with Gasteiger partial charge in [0.15, 0.2) is 0 Å². The van der Waals surface area contributed by atoms with Crippen molar-refractivity contribution in [2.45, 2.75) is 65.2 Å². The van der Waals surface area contributed by atoms with Crippen LogP contribution in [0.3, 0.4) is 0 Å². The maximum absolute atomic E-state index is 11.8. The minimum Gasteiger partial charge on any atom is -0.466 e. The van der Waals surface area contributed by atoms with Gasteiger partial charge in [0.25, 0.3) is 0 Å². The zero-order valence-electron chi connectivity index (χ0n) is 12.0. The summed E-state index contributed by atoms with van der Waals surface area (Å²) in [4.78, 5) is 11.8. The summed E-state index contributed by atoms with van der Waals surface area (Å²) < 4.78 is 5.33. The number of carbonyl (C=O) groups excluding carboxylic acids is 1. The van der Waals surface area contributed by atoms with Gasteiger partial charge in [-0.25, -0.2) is 0 Å². The van der Waals surface area contributed by atoms with E-state index in [4.69, 9.17) is 10.5 Å². The van der Waals surface area contributed by atoms with Crippen molar-refractivity contribution < 1.29 is 9.53 Å². The molecule has 1 aliphatic rings. The van der Waals surface area contributed by atoms with E-state index in [1.807, 2.05) is 0 Å². The Labute approximate surface area is 111 Å². The molecule has 0 saturated heterocycles. The summed E-state index contributed by atoms with van der Waals surface area (Å²) in [5.74, 6) is 0.628. The number of ether oxygens (including phenoxy) is 1. The molecule has 1 fully saturated rings. The third-order valence-electron chi connectivity index (χ3n) is 4.06. The maximum atomic E-state index is 11.8. The average Bonchev–Trinajstić information content (AvgIpc) is 2.35. The predicted molar refractivity (Wildman–Crippen MR) is 74.2 cm³/mol. The molecule has 0 unspecified atom stereocenters. The van der Waals surface area contributed by atoms with Crippen molar-refractivity contribution >= 4 is 5.97 Å². The lowest BCUT2D eigenvalue weighted by Crippen LogP contribution is -2.35. The number of rotatable bonds is 7. The number of esters is 1. The molecule has 1 aliphatic carbocycles. The van der Waals surface area contributed by atoms with Gasteiger partial charge in [-0.05, 0) is 43.6 Å². The Bertz CT molecular complexity index is 245. The SMILES string of the molecule is CC(C)CCCOC(=O)CC1(CN)CCCCC1. The van der Waals surface area contributed by atoms with Gasteiger partial charge in [-0.15, -0.1) is 0 Å². The summed E-state index contributed by atoms with van der Waals surface area (Å²) in [5.41, 5.74) is 5.91. The lowest BCUT2D eigenvalue weighted by atomic mass is 9.72. The Morgan fingerprint density at radius 2 is 1.94 bits per heavy atom. The number of hydrogen-bond acceptors (Lipinski definition) is 3. The van der Waals surface area contributed by atoms with Crippen LogP contribution in [-0.2, 0) is 9.53 Å². The van der Waals surface area contributed by atoms with E-state index in [2.05, 4.69) is 13.8 Å². The van der Waals surface area contributed by atoms with Crippen LogP contribution in [0.2, 0.25) is 0 Å². The molecule has 0 aromatic heterocycles. The van der Waals surface area contributed by atoms with E-state index >= 15 is 0 Å². The quantitative estimate of drug-likeness (QED) is 0.561. The first-order chi connectivity index (χ1) is 8.58. The van der Waals surface area contributed by atoms with Gasteiger partial charge >= 0.3 is 5.97 Å². The van der Waals surface area contributed by atoms with E-state index in [1.165, 1.54) is 19.3 Å². The van der Waals surface area contributed by atoms with Crippen LogP contribution in [-0.4, -0.2) is 19.1 Å². The van der Waals surface area contributed by atoms with Gasteiger partial charge in [-0.3, -0.25) is 4.79 Å². The van der Waals surface area contributed by atoms with E-state index in [0.717, 1.165) is 25.7 Å². The Balaban J connectivity index is 2.25. The minimum absolute atomic E-state index is 0.0351. The topological polar surface area (TPSA) is 52.3 Å². The van der Waals surface area contributed by atoms with Crippen LogP contribution in [0.25, 0.3) is 0 Å². The normalized spacial score (nSPS) is 18.9. The zero-order valence-corrected chi connectivity index (χ0v) is 12.0. The molecule has 2 N–H and O–H groups in total. The molecule has 3 nitrogen and oxygen atoms in total. The van der Waals surface area contributed by atoms with Crippen molar-refractivity contribution in [3.05, 3.63) is 0 Å². The molecule has 0 bridgehead atoms. The first-order valence-corrected chi connectivity index (χ1v) is 7.44. The average molecular weight is 255 g/mol. The summed E-state index contributed by atoms with van der Waals surface area (Å²) in [6.07, 6.45) is 8.48. The maximum Gasteiger partial charge on any atom is 0.306 e. The first kappa shape index (κ1) is 15.5. The second-order valence-electron chi connectivity index (χ2n) is 6.20. The van der Waals surface area contributed by atoms with Gasteiger partial charge in [0.2, 0.25) is 0 Å². The number of nitrogens with two attached hydrogens (primary N) is 1. The lowest BCUT2D eigenvalue weighted by Gasteiger charge is -2.35. The van der Waals surface area contributed by atoms with Crippen LogP contribution in [0.1, 0.15) is 65.2 Å². The Hall–Kier alpha value is -0.570. The Kier molecular flexibility index (Phi) is 6.69. The van der Waals surface area contributed by atoms with Gasteiger partial charge in [0.1, 0.15) is 0 Å². The van der Waals surface area contributed by atoms with Gasteiger partial charge < -0.3 is 10.5 Å². The summed E-state index contributed by atoms with van der Waals surface area (Å²) in [5, 5.41) is 0. The van der Waals surface area contributed by atoms with Gasteiger partial charge in [-0.2, -0.15) is 0 Å². The Morgan fingerprint density at radius 3 is 2.50 bits per heavy atom. The second-order valence-corrected chi connectivity index (χ2v) is 6.20. The Morgan fingerprint density at radius 1 is 1.28 bits per heavy atom. The molecule has 0 aromatic rings. The van der Waals surface area contributed by atoms with Gasteiger partial charge in [-0.1, -0.05) is 33.1 Å². The molecule has 0 aliphatic heterocycles. The van der Waals surface area contributed by atoms with Crippen LogP contribution < -0.4 is 5.73 Å². The highest BCUT2D eigenvalue weighted by molar-refractivity contribution is 5.70. The smallest absolute Gasteiger partial charge is 0.306 e. The molecule has 1 rings (SSSR count). The molecule has 0 atom stereocenters. The van der Waals surface area contributed by atoms with Crippen LogP contribution in [0.4, 0.5) is 0 Å². The monoisotopic (exact) mass is 255 g/mol. The fourth-order valence-corrected chi connectivity index (χ4v) is 2.79. The van der Waals surface area contributed by atoms with Crippen molar-refractivity contribution in [2.75, 3.05) is 13.2 Å². The van der Waals surface area contributed by atoms with E-state index in [9.17, 15) is 4.79 Å².